The van der Waals surface area contributed by atoms with Crippen LogP contribution in [0, 0.1) is 24.2 Å². The monoisotopic (exact) mass is 246 g/mol. The Bertz CT molecular complexity index is 421. The summed E-state index contributed by atoms with van der Waals surface area (Å²) < 4.78 is 5.16. The number of methoxy groups -OCH3 is 1. The maximum Gasteiger partial charge on any atom is 0.101 e. The first-order valence-corrected chi connectivity index (χ1v) is 6.33. The van der Waals surface area contributed by atoms with Gasteiger partial charge in [-0.1, -0.05) is 26.0 Å². The van der Waals surface area contributed by atoms with E-state index in [0.29, 0.717) is 12.5 Å². The third-order valence-corrected chi connectivity index (χ3v) is 2.83. The van der Waals surface area contributed by atoms with E-state index < -0.39 is 0 Å². The molecule has 0 saturated heterocycles. The highest BCUT2D eigenvalue weighted by atomic mass is 16.5. The molecule has 0 amide bonds. The summed E-state index contributed by atoms with van der Waals surface area (Å²) in [5.74, 6) is 0.549. The van der Waals surface area contributed by atoms with Gasteiger partial charge in [-0.05, 0) is 24.5 Å². The van der Waals surface area contributed by atoms with Crippen molar-refractivity contribution in [2.24, 2.45) is 5.92 Å². The van der Waals surface area contributed by atoms with Gasteiger partial charge >= 0.3 is 0 Å². The summed E-state index contributed by atoms with van der Waals surface area (Å²) in [4.78, 5) is 2.25. The van der Waals surface area contributed by atoms with Gasteiger partial charge in [0.25, 0.3) is 0 Å². The Hall–Kier alpha value is -1.53. The second kappa shape index (κ2) is 7.03. The number of hydrogen-bond donors (Lipinski definition) is 0. The van der Waals surface area contributed by atoms with Gasteiger partial charge < -0.3 is 9.64 Å². The highest BCUT2D eigenvalue weighted by molar-refractivity contribution is 5.64. The maximum absolute atomic E-state index is 9.24. The molecule has 0 aromatic heterocycles. The average Bonchev–Trinajstić information content (AvgIpc) is 2.34. The molecule has 0 aliphatic rings. The van der Waals surface area contributed by atoms with Gasteiger partial charge in [-0.25, -0.2) is 0 Å². The van der Waals surface area contributed by atoms with Crippen molar-refractivity contribution in [3.63, 3.8) is 0 Å². The van der Waals surface area contributed by atoms with Crippen LogP contribution in [0.3, 0.4) is 0 Å². The number of para-hydroxylation sites is 1. The normalized spacial score (nSPS) is 10.4. The third kappa shape index (κ3) is 3.75. The lowest BCUT2D eigenvalue weighted by Gasteiger charge is -2.28. The Labute approximate surface area is 110 Å². The Morgan fingerprint density at radius 2 is 2.11 bits per heavy atom. The van der Waals surface area contributed by atoms with E-state index in [2.05, 4.69) is 37.8 Å². The number of rotatable bonds is 6. The number of benzene rings is 1. The highest BCUT2D eigenvalue weighted by Gasteiger charge is 2.14. The van der Waals surface area contributed by atoms with E-state index in [1.54, 1.807) is 7.11 Å². The number of nitriles is 1. The van der Waals surface area contributed by atoms with Crippen molar-refractivity contribution in [2.45, 2.75) is 20.8 Å². The molecule has 0 radical (unpaired) electrons. The molecule has 1 aromatic carbocycles. The van der Waals surface area contributed by atoms with Gasteiger partial charge in [0.2, 0.25) is 0 Å². The fourth-order valence-electron chi connectivity index (χ4n) is 2.11. The molecule has 3 nitrogen and oxygen atoms in total. The zero-order valence-electron chi connectivity index (χ0n) is 11.7. The van der Waals surface area contributed by atoms with Gasteiger partial charge in [0.15, 0.2) is 0 Å². The molecule has 0 unspecified atom stereocenters. The van der Waals surface area contributed by atoms with Crippen LogP contribution in [0.5, 0.6) is 0 Å². The van der Waals surface area contributed by atoms with Gasteiger partial charge in [0, 0.05) is 20.2 Å². The first-order valence-electron chi connectivity index (χ1n) is 6.33. The lowest BCUT2D eigenvalue weighted by Crippen LogP contribution is -2.32. The number of nitrogens with zero attached hydrogens (tertiary/aromatic N) is 2. The molecule has 0 spiro atoms. The molecule has 1 rings (SSSR count). The number of aryl methyl sites for hydroxylation is 1. The summed E-state index contributed by atoms with van der Waals surface area (Å²) in [5, 5.41) is 9.24. The smallest absolute Gasteiger partial charge is 0.101 e. The van der Waals surface area contributed by atoms with Crippen molar-refractivity contribution >= 4 is 5.69 Å². The zero-order valence-corrected chi connectivity index (χ0v) is 11.7. The van der Waals surface area contributed by atoms with Crippen LogP contribution in [0.4, 0.5) is 5.69 Å². The first kappa shape index (κ1) is 14.5. The van der Waals surface area contributed by atoms with E-state index in [1.807, 2.05) is 12.1 Å². The van der Waals surface area contributed by atoms with Crippen molar-refractivity contribution < 1.29 is 4.74 Å². The summed E-state index contributed by atoms with van der Waals surface area (Å²) in [7, 11) is 1.70. The topological polar surface area (TPSA) is 36.3 Å². The fourth-order valence-corrected chi connectivity index (χ4v) is 2.11. The largest absolute Gasteiger partial charge is 0.383 e. The molecule has 0 bridgehead atoms. The van der Waals surface area contributed by atoms with Gasteiger partial charge in [-0.15, -0.1) is 0 Å². The molecule has 0 heterocycles. The van der Waals surface area contributed by atoms with Gasteiger partial charge in [0.1, 0.15) is 6.07 Å². The lowest BCUT2D eigenvalue weighted by atomic mass is 10.1. The molecular weight excluding hydrogens is 224 g/mol. The Balaban J connectivity index is 3.07. The van der Waals surface area contributed by atoms with Gasteiger partial charge in [-0.3, -0.25) is 0 Å². The van der Waals surface area contributed by atoms with Crippen molar-refractivity contribution in [2.75, 3.05) is 31.7 Å². The molecule has 0 fully saturated rings. The second-order valence-corrected chi connectivity index (χ2v) is 4.92. The van der Waals surface area contributed by atoms with E-state index >= 15 is 0 Å². The van der Waals surface area contributed by atoms with Crippen LogP contribution >= 0.6 is 0 Å². The molecule has 18 heavy (non-hydrogen) atoms. The predicted octanol–water partition coefficient (Wildman–Crippen LogP) is 2.98. The van der Waals surface area contributed by atoms with Crippen LogP contribution in [-0.2, 0) is 4.74 Å². The Morgan fingerprint density at radius 3 is 2.67 bits per heavy atom. The quantitative estimate of drug-likeness (QED) is 0.774. The van der Waals surface area contributed by atoms with Gasteiger partial charge in [0.05, 0.1) is 17.9 Å². The van der Waals surface area contributed by atoms with Crippen LogP contribution in [0.15, 0.2) is 18.2 Å². The highest BCUT2D eigenvalue weighted by Crippen LogP contribution is 2.25. The van der Waals surface area contributed by atoms with E-state index in [1.165, 1.54) is 0 Å². The van der Waals surface area contributed by atoms with Crippen molar-refractivity contribution in [3.8, 4) is 6.07 Å². The molecule has 1 aromatic rings. The Morgan fingerprint density at radius 1 is 1.39 bits per heavy atom. The van der Waals surface area contributed by atoms with E-state index in [9.17, 15) is 5.26 Å². The van der Waals surface area contributed by atoms with Gasteiger partial charge in [-0.2, -0.15) is 5.26 Å². The minimum atomic E-state index is 0.549. The molecule has 0 atom stereocenters. The van der Waals surface area contributed by atoms with Crippen LogP contribution < -0.4 is 4.90 Å². The predicted molar refractivity (Wildman–Crippen MR) is 74.8 cm³/mol. The van der Waals surface area contributed by atoms with Crippen molar-refractivity contribution in [1.82, 2.24) is 0 Å². The molecular formula is C15H22N2O. The van der Waals surface area contributed by atoms with Crippen LogP contribution in [0.25, 0.3) is 0 Å². The molecule has 0 saturated carbocycles. The minimum absolute atomic E-state index is 0.549. The van der Waals surface area contributed by atoms with Crippen LogP contribution in [-0.4, -0.2) is 26.8 Å². The summed E-state index contributed by atoms with van der Waals surface area (Å²) in [5.41, 5.74) is 2.93. The summed E-state index contributed by atoms with van der Waals surface area (Å²) >= 11 is 0. The number of anilines is 1. The standard InChI is InChI=1S/C15H22N2O/c1-12(2)11-17(8-9-18-4)15-13(3)6-5-7-14(15)10-16/h5-7,12H,8-9,11H2,1-4H3. The van der Waals surface area contributed by atoms with Crippen LogP contribution in [0.2, 0.25) is 0 Å². The van der Waals surface area contributed by atoms with E-state index in [4.69, 9.17) is 4.74 Å². The van der Waals surface area contributed by atoms with Crippen molar-refractivity contribution in [3.05, 3.63) is 29.3 Å². The zero-order chi connectivity index (χ0) is 13.5. The SMILES string of the molecule is COCCN(CC(C)C)c1c(C)cccc1C#N. The summed E-state index contributed by atoms with van der Waals surface area (Å²) in [6.45, 7) is 8.84. The first-order chi connectivity index (χ1) is 8.60. The summed E-state index contributed by atoms with van der Waals surface area (Å²) in [6.07, 6.45) is 0. The van der Waals surface area contributed by atoms with Crippen LogP contribution in [0.1, 0.15) is 25.0 Å². The second-order valence-electron chi connectivity index (χ2n) is 4.92. The third-order valence-electron chi connectivity index (χ3n) is 2.83. The molecule has 0 aliphatic heterocycles. The molecule has 98 valence electrons. The average molecular weight is 246 g/mol. The number of ether oxygens (including phenoxy) is 1. The lowest BCUT2D eigenvalue weighted by molar-refractivity contribution is 0.204. The molecule has 0 N–H and O–H groups in total. The molecule has 0 aliphatic carbocycles. The summed E-state index contributed by atoms with van der Waals surface area (Å²) in [6, 6.07) is 8.15. The van der Waals surface area contributed by atoms with E-state index in [-0.39, 0.29) is 0 Å². The maximum atomic E-state index is 9.24. The van der Waals surface area contributed by atoms with Crippen molar-refractivity contribution in [1.29, 1.82) is 5.26 Å². The number of hydrogen-bond acceptors (Lipinski definition) is 3. The fraction of sp³-hybridized carbons (Fsp3) is 0.533. The molecule has 3 heteroatoms. The minimum Gasteiger partial charge on any atom is -0.383 e. The Kier molecular flexibility index (Phi) is 5.67. The van der Waals surface area contributed by atoms with E-state index in [0.717, 1.165) is 29.9 Å².